The van der Waals surface area contributed by atoms with Gasteiger partial charge in [-0.05, 0) is 309 Å². The molecule has 0 aliphatic carbocycles. The van der Waals surface area contributed by atoms with Gasteiger partial charge in [0.2, 0.25) is 0 Å². The van der Waals surface area contributed by atoms with Gasteiger partial charge in [-0.1, -0.05) is 265 Å². The van der Waals surface area contributed by atoms with E-state index in [4.69, 9.17) is 0 Å². The molecule has 6 heteroatoms. The molecule has 0 amide bonds. The van der Waals surface area contributed by atoms with Crippen molar-refractivity contribution in [1.82, 2.24) is 29.9 Å². The zero-order chi connectivity index (χ0) is 82.6. The lowest BCUT2D eigenvalue weighted by Gasteiger charge is -2.09. The Labute approximate surface area is 670 Å². The average Bonchev–Trinajstić information content (AvgIpc) is 0.840. The smallest absolute Gasteiger partial charge is 0.0410 e. The molecule has 0 atom stereocenters. The fourth-order valence-electron chi connectivity index (χ4n) is 12.9. The van der Waals surface area contributed by atoms with Crippen LogP contribution in [0.5, 0.6) is 0 Å². The van der Waals surface area contributed by atoms with E-state index in [0.717, 1.165) is 28.5 Å². The summed E-state index contributed by atoms with van der Waals surface area (Å²) in [6, 6.07) is 45.8. The van der Waals surface area contributed by atoms with E-state index in [1.807, 2.05) is 51.8 Å². The molecule has 596 valence electrons. The van der Waals surface area contributed by atoms with Crippen molar-refractivity contribution >= 4 is 0 Å². The molecule has 0 unspecified atom stereocenters. The summed E-state index contributed by atoms with van der Waals surface area (Å²) < 4.78 is 0. The molecule has 6 aromatic heterocycles. The van der Waals surface area contributed by atoms with Crippen LogP contribution in [0.2, 0.25) is 0 Å². The standard InChI is InChI=1S/4C11H16.4C10H15N.2C9H13N.CH4/c3*1-8(2)11-6-5-9(3)7-10(11)4;1-8(2)11-7-9(3)5-6-10(11)4;2*1-7(2)10-5-8(3)6-11-9(10)4;2*1-7(2)10-6-5-8(3)11-9(10)4;1-7(2)9-4-5-10-8(3)6-9;1-7(2)9-6-10-5-4-8(9)3;/h4*5-8H,1-4H3;4*5-7H,1-4H3;2*4-7H,1-3H3;1H4. The van der Waals surface area contributed by atoms with E-state index in [1.165, 1.54) is 128 Å². The Kier molecular flexibility index (Phi) is 47.4. The third kappa shape index (κ3) is 38.8. The maximum atomic E-state index is 4.39. The minimum atomic E-state index is 0. The third-order valence-corrected chi connectivity index (χ3v) is 19.0. The molecule has 0 aliphatic heterocycles. The van der Waals surface area contributed by atoms with Crippen LogP contribution in [0.4, 0.5) is 0 Å². The lowest BCUT2D eigenvalue weighted by atomic mass is 9.96. The molecule has 0 saturated heterocycles. The molecule has 0 bridgehead atoms. The first kappa shape index (κ1) is 101. The monoisotopic (exact) mass is 1480 g/mol. The van der Waals surface area contributed by atoms with Gasteiger partial charge in [0.1, 0.15) is 0 Å². The predicted molar refractivity (Wildman–Crippen MR) is 484 cm³/mol. The number of hydrogen-bond donors (Lipinski definition) is 0. The van der Waals surface area contributed by atoms with E-state index < -0.39 is 0 Å². The quantitative estimate of drug-likeness (QED) is 0.136. The highest BCUT2D eigenvalue weighted by atomic mass is 14.7. The van der Waals surface area contributed by atoms with Crippen LogP contribution < -0.4 is 0 Å². The fourth-order valence-corrected chi connectivity index (χ4v) is 12.9. The second-order valence-corrected chi connectivity index (χ2v) is 33.1. The van der Waals surface area contributed by atoms with Gasteiger partial charge in [-0.3, -0.25) is 29.9 Å². The molecule has 6 heterocycles. The summed E-state index contributed by atoms with van der Waals surface area (Å²) in [4.78, 5) is 25.6. The van der Waals surface area contributed by atoms with Crippen molar-refractivity contribution in [2.45, 2.75) is 330 Å². The zero-order valence-corrected chi connectivity index (χ0v) is 75.5. The summed E-state index contributed by atoms with van der Waals surface area (Å²) >= 11 is 0. The van der Waals surface area contributed by atoms with Crippen LogP contribution in [0.1, 0.15) is 362 Å². The van der Waals surface area contributed by atoms with Crippen molar-refractivity contribution in [3.8, 4) is 0 Å². The van der Waals surface area contributed by atoms with E-state index in [9.17, 15) is 0 Å². The van der Waals surface area contributed by atoms with Crippen LogP contribution in [0.3, 0.4) is 0 Å². The van der Waals surface area contributed by atoms with E-state index in [0.29, 0.717) is 59.2 Å². The number of nitrogens with zero attached hydrogens (tertiary/aromatic N) is 6. The Morgan fingerprint density at radius 2 is 0.505 bits per heavy atom. The number of hydrogen-bond acceptors (Lipinski definition) is 6. The highest BCUT2D eigenvalue weighted by Gasteiger charge is 2.10. The Morgan fingerprint density at radius 1 is 0.202 bits per heavy atom. The number of benzene rings is 4. The number of aromatic nitrogens is 6. The molecule has 0 fully saturated rings. The summed E-state index contributed by atoms with van der Waals surface area (Å²) in [5.74, 6) is 6.14. The first-order valence-corrected chi connectivity index (χ1v) is 40.2. The van der Waals surface area contributed by atoms with E-state index in [2.05, 4.69) is 400 Å². The number of rotatable bonds is 10. The number of pyridine rings is 6. The molecule has 10 aromatic rings. The first-order chi connectivity index (χ1) is 50.3. The van der Waals surface area contributed by atoms with Crippen LogP contribution in [0, 0.1) is 125 Å². The van der Waals surface area contributed by atoms with Gasteiger partial charge in [-0.15, -0.1) is 0 Å². The van der Waals surface area contributed by atoms with Crippen LogP contribution in [-0.2, 0) is 0 Å². The van der Waals surface area contributed by atoms with E-state index in [1.54, 1.807) is 0 Å². The fraction of sp³-hybridized carbons (Fsp3) is 0.476. The first-order valence-electron chi connectivity index (χ1n) is 40.2. The Balaban J connectivity index is 0.00000119. The molecule has 0 aliphatic rings. The van der Waals surface area contributed by atoms with Gasteiger partial charge >= 0.3 is 0 Å². The van der Waals surface area contributed by atoms with Crippen LogP contribution >= 0.6 is 0 Å². The molecule has 0 spiro atoms. The van der Waals surface area contributed by atoms with Crippen molar-refractivity contribution in [1.29, 1.82) is 0 Å². The van der Waals surface area contributed by atoms with E-state index >= 15 is 0 Å². The van der Waals surface area contributed by atoms with E-state index in [-0.39, 0.29) is 7.43 Å². The minimum absolute atomic E-state index is 0. The number of aryl methyl sites for hydroxylation is 18. The van der Waals surface area contributed by atoms with Crippen LogP contribution in [-0.4, -0.2) is 29.9 Å². The van der Waals surface area contributed by atoms with Crippen molar-refractivity contribution in [2.24, 2.45) is 0 Å². The summed E-state index contributed by atoms with van der Waals surface area (Å²) in [6.07, 6.45) is 9.48. The van der Waals surface area contributed by atoms with Gasteiger partial charge in [0.25, 0.3) is 0 Å². The van der Waals surface area contributed by atoms with Crippen LogP contribution in [0.25, 0.3) is 0 Å². The zero-order valence-electron chi connectivity index (χ0n) is 75.5. The third-order valence-electron chi connectivity index (χ3n) is 19.0. The molecule has 6 nitrogen and oxygen atoms in total. The summed E-state index contributed by atoms with van der Waals surface area (Å²) in [5, 5.41) is 0. The van der Waals surface area contributed by atoms with Gasteiger partial charge in [0.05, 0.1) is 0 Å². The molecule has 109 heavy (non-hydrogen) atoms. The summed E-state index contributed by atoms with van der Waals surface area (Å²) in [5.41, 5.74) is 36.9. The lowest BCUT2D eigenvalue weighted by Crippen LogP contribution is -1.95. The topological polar surface area (TPSA) is 77.3 Å². The molecular formula is C103H154N6. The van der Waals surface area contributed by atoms with Gasteiger partial charge in [0.15, 0.2) is 0 Å². The second-order valence-electron chi connectivity index (χ2n) is 33.1. The minimum Gasteiger partial charge on any atom is -0.264 e. The van der Waals surface area contributed by atoms with Crippen LogP contribution in [0.15, 0.2) is 158 Å². The van der Waals surface area contributed by atoms with Gasteiger partial charge in [-0.25, -0.2) is 0 Å². The maximum Gasteiger partial charge on any atom is 0.0410 e. The van der Waals surface area contributed by atoms with Gasteiger partial charge in [0, 0.05) is 70.8 Å². The Morgan fingerprint density at radius 3 is 0.761 bits per heavy atom. The molecule has 0 saturated carbocycles. The molecule has 0 radical (unpaired) electrons. The second kappa shape index (κ2) is 51.3. The van der Waals surface area contributed by atoms with Crippen molar-refractivity contribution in [3.63, 3.8) is 0 Å². The van der Waals surface area contributed by atoms with Gasteiger partial charge in [-0.2, -0.15) is 0 Å². The molecule has 4 aromatic carbocycles. The normalized spacial score (nSPS) is 10.5. The maximum absolute atomic E-state index is 4.39. The SMILES string of the molecule is C.Cc1cc(C(C)C)ccn1.Cc1ccc(C(C)C)c(C)c1.Cc1ccc(C(C)C)c(C)c1.Cc1ccc(C(C)C)c(C)c1.Cc1ccc(C(C)C)c(C)n1.Cc1ccc(C(C)C)c(C)n1.Cc1ccc(C)c(C(C)C)c1.Cc1ccncc1C(C)C.Cc1cnc(C)c(C(C)C)c1.Cc1cnc(C)c(C(C)C)c1. The predicted octanol–water partition coefficient (Wildman–Crippen LogP) is 30.7. The largest absolute Gasteiger partial charge is 0.264 e. The van der Waals surface area contributed by atoms with Crippen molar-refractivity contribution in [3.05, 3.63) is 315 Å². The van der Waals surface area contributed by atoms with Gasteiger partial charge < -0.3 is 0 Å². The average molecular weight is 1480 g/mol. The molecular weight excluding hydrogens is 1320 g/mol. The summed E-state index contributed by atoms with van der Waals surface area (Å²) in [6.45, 7) is 82.1. The highest BCUT2D eigenvalue weighted by molar-refractivity contribution is 5.37. The molecule has 10 rings (SSSR count). The summed E-state index contributed by atoms with van der Waals surface area (Å²) in [7, 11) is 0. The van der Waals surface area contributed by atoms with Crippen molar-refractivity contribution in [2.75, 3.05) is 0 Å². The van der Waals surface area contributed by atoms with Crippen molar-refractivity contribution < 1.29 is 0 Å². The molecule has 0 N–H and O–H groups in total. The lowest BCUT2D eigenvalue weighted by molar-refractivity contribution is 0.839. The Hall–Kier alpha value is -8.22. The Bertz CT molecular complexity index is 3770. The highest BCUT2D eigenvalue weighted by Crippen LogP contribution is 2.26.